The Hall–Kier alpha value is -3.13. The predicted molar refractivity (Wildman–Crippen MR) is 93.2 cm³/mol. The maximum atomic E-state index is 13.4. The highest BCUT2D eigenvalue weighted by molar-refractivity contribution is 6.00. The maximum absolute atomic E-state index is 13.4. The molecule has 1 aliphatic heterocycles. The van der Waals surface area contributed by atoms with Crippen LogP contribution in [0.15, 0.2) is 54.6 Å². The number of benzene rings is 2. The lowest BCUT2D eigenvalue weighted by Crippen LogP contribution is -2.33. The molecule has 2 amide bonds. The zero-order chi connectivity index (χ0) is 17.6. The quantitative estimate of drug-likeness (QED) is 0.875. The van der Waals surface area contributed by atoms with Gasteiger partial charge < -0.3 is 10.2 Å². The van der Waals surface area contributed by atoms with E-state index in [2.05, 4.69) is 17.2 Å². The van der Waals surface area contributed by atoms with E-state index in [0.717, 1.165) is 5.69 Å². The van der Waals surface area contributed by atoms with Crippen molar-refractivity contribution in [3.63, 3.8) is 0 Å². The van der Waals surface area contributed by atoms with E-state index in [4.69, 9.17) is 0 Å². The minimum Gasteiger partial charge on any atom is -0.345 e. The van der Waals surface area contributed by atoms with Gasteiger partial charge in [0, 0.05) is 18.7 Å². The molecule has 5 heteroatoms. The van der Waals surface area contributed by atoms with Crippen LogP contribution in [-0.4, -0.2) is 24.9 Å². The second-order valence-electron chi connectivity index (χ2n) is 5.74. The number of hydrogen-bond donors (Lipinski definition) is 1. The van der Waals surface area contributed by atoms with Crippen LogP contribution in [0.3, 0.4) is 0 Å². The van der Waals surface area contributed by atoms with E-state index >= 15 is 0 Å². The SMILES string of the molecule is O=C(NCC#Cc1ccccc1F)C1CC(=O)N(c2ccccc2)C1. The third kappa shape index (κ3) is 4.04. The minimum atomic E-state index is -0.400. The van der Waals surface area contributed by atoms with Crippen molar-refractivity contribution < 1.29 is 14.0 Å². The summed E-state index contributed by atoms with van der Waals surface area (Å²) in [5.74, 6) is 4.35. The van der Waals surface area contributed by atoms with E-state index < -0.39 is 5.92 Å². The molecule has 0 spiro atoms. The molecule has 1 heterocycles. The van der Waals surface area contributed by atoms with Gasteiger partial charge in [0.15, 0.2) is 0 Å². The number of nitrogens with zero attached hydrogens (tertiary/aromatic N) is 1. The van der Waals surface area contributed by atoms with Crippen LogP contribution >= 0.6 is 0 Å². The molecule has 0 radical (unpaired) electrons. The normalized spacial score (nSPS) is 16.3. The molecule has 25 heavy (non-hydrogen) atoms. The largest absolute Gasteiger partial charge is 0.345 e. The van der Waals surface area contributed by atoms with E-state index in [-0.39, 0.29) is 30.6 Å². The summed E-state index contributed by atoms with van der Waals surface area (Å²) in [7, 11) is 0. The third-order valence-electron chi connectivity index (χ3n) is 4.01. The summed E-state index contributed by atoms with van der Waals surface area (Å²) in [6.07, 6.45) is 0.182. The second-order valence-corrected chi connectivity index (χ2v) is 5.74. The Morgan fingerprint density at radius 2 is 1.88 bits per heavy atom. The van der Waals surface area contributed by atoms with Crippen molar-refractivity contribution in [1.29, 1.82) is 0 Å². The Kier molecular flexibility index (Phi) is 5.10. The van der Waals surface area contributed by atoms with Crippen LogP contribution in [0.25, 0.3) is 0 Å². The van der Waals surface area contributed by atoms with Crippen molar-refractivity contribution in [2.45, 2.75) is 6.42 Å². The van der Waals surface area contributed by atoms with Crippen LogP contribution in [0.1, 0.15) is 12.0 Å². The van der Waals surface area contributed by atoms with Crippen LogP contribution in [-0.2, 0) is 9.59 Å². The van der Waals surface area contributed by atoms with E-state index in [0.29, 0.717) is 12.1 Å². The topological polar surface area (TPSA) is 49.4 Å². The fourth-order valence-electron chi connectivity index (χ4n) is 2.72. The molecule has 1 fully saturated rings. The number of para-hydroxylation sites is 1. The van der Waals surface area contributed by atoms with Crippen molar-refractivity contribution in [3.8, 4) is 11.8 Å². The van der Waals surface area contributed by atoms with Crippen LogP contribution in [0.2, 0.25) is 0 Å². The average molecular weight is 336 g/mol. The Morgan fingerprint density at radius 3 is 2.64 bits per heavy atom. The first-order chi connectivity index (χ1) is 12.1. The van der Waals surface area contributed by atoms with Gasteiger partial charge in [-0.3, -0.25) is 9.59 Å². The molecule has 1 N–H and O–H groups in total. The molecule has 0 bridgehead atoms. The van der Waals surface area contributed by atoms with Crippen LogP contribution < -0.4 is 10.2 Å². The number of rotatable bonds is 3. The van der Waals surface area contributed by atoms with Gasteiger partial charge in [0.1, 0.15) is 5.82 Å². The van der Waals surface area contributed by atoms with Gasteiger partial charge in [0.2, 0.25) is 11.8 Å². The lowest BCUT2D eigenvalue weighted by atomic mass is 10.1. The fourth-order valence-corrected chi connectivity index (χ4v) is 2.72. The van der Waals surface area contributed by atoms with Gasteiger partial charge in [-0.2, -0.15) is 0 Å². The van der Waals surface area contributed by atoms with Gasteiger partial charge >= 0.3 is 0 Å². The number of nitrogens with one attached hydrogen (secondary N) is 1. The summed E-state index contributed by atoms with van der Waals surface area (Å²) in [4.78, 5) is 26.0. The molecule has 0 aliphatic carbocycles. The lowest BCUT2D eigenvalue weighted by molar-refractivity contribution is -0.126. The van der Waals surface area contributed by atoms with E-state index in [1.807, 2.05) is 30.3 Å². The minimum absolute atomic E-state index is 0.0659. The predicted octanol–water partition coefficient (Wildman–Crippen LogP) is 2.35. The van der Waals surface area contributed by atoms with Crippen molar-refractivity contribution >= 4 is 17.5 Å². The second kappa shape index (κ2) is 7.63. The first-order valence-corrected chi connectivity index (χ1v) is 8.01. The van der Waals surface area contributed by atoms with Crippen molar-refractivity contribution in [1.82, 2.24) is 5.32 Å². The molecule has 4 nitrogen and oxygen atoms in total. The number of anilines is 1. The number of halogens is 1. The zero-order valence-electron chi connectivity index (χ0n) is 13.5. The van der Waals surface area contributed by atoms with Crippen molar-refractivity contribution in [2.24, 2.45) is 5.92 Å². The first-order valence-electron chi connectivity index (χ1n) is 8.01. The first kappa shape index (κ1) is 16.7. The zero-order valence-corrected chi connectivity index (χ0v) is 13.5. The summed E-state index contributed by atoms with van der Waals surface area (Å²) < 4.78 is 13.4. The molecule has 1 aliphatic rings. The van der Waals surface area contributed by atoms with Gasteiger partial charge in [-0.15, -0.1) is 0 Å². The Balaban J connectivity index is 1.55. The highest BCUT2D eigenvalue weighted by Crippen LogP contribution is 2.24. The number of hydrogen-bond acceptors (Lipinski definition) is 2. The molecule has 2 aromatic rings. The summed E-state index contributed by atoms with van der Waals surface area (Å²) in [5.41, 5.74) is 1.09. The summed E-state index contributed by atoms with van der Waals surface area (Å²) in [6, 6.07) is 15.5. The van der Waals surface area contributed by atoms with Gasteiger partial charge in [0.05, 0.1) is 18.0 Å². The number of carbonyl (C=O) groups excluding carboxylic acids is 2. The average Bonchev–Trinajstić information content (AvgIpc) is 3.02. The van der Waals surface area contributed by atoms with Gasteiger partial charge in [-0.25, -0.2) is 4.39 Å². The smallest absolute Gasteiger partial charge is 0.227 e. The van der Waals surface area contributed by atoms with Gasteiger partial charge in [-0.05, 0) is 24.3 Å². The van der Waals surface area contributed by atoms with Crippen molar-refractivity contribution in [3.05, 3.63) is 66.0 Å². The molecule has 1 unspecified atom stereocenters. The van der Waals surface area contributed by atoms with Crippen LogP contribution in [0, 0.1) is 23.6 Å². The third-order valence-corrected chi connectivity index (χ3v) is 4.01. The van der Waals surface area contributed by atoms with Crippen molar-refractivity contribution in [2.75, 3.05) is 18.0 Å². The highest BCUT2D eigenvalue weighted by Gasteiger charge is 2.34. The summed E-state index contributed by atoms with van der Waals surface area (Å²) >= 11 is 0. The lowest BCUT2D eigenvalue weighted by Gasteiger charge is -2.16. The summed E-state index contributed by atoms with van der Waals surface area (Å²) in [6.45, 7) is 0.471. The van der Waals surface area contributed by atoms with E-state index in [1.165, 1.54) is 6.07 Å². The van der Waals surface area contributed by atoms with Crippen LogP contribution in [0.5, 0.6) is 0 Å². The molecule has 0 aromatic heterocycles. The van der Waals surface area contributed by atoms with Crippen LogP contribution in [0.4, 0.5) is 10.1 Å². The monoisotopic (exact) mass is 336 g/mol. The van der Waals surface area contributed by atoms with E-state index in [9.17, 15) is 14.0 Å². The molecule has 3 rings (SSSR count). The fraction of sp³-hybridized carbons (Fsp3) is 0.200. The van der Waals surface area contributed by atoms with Gasteiger partial charge in [-0.1, -0.05) is 42.2 Å². The Labute approximate surface area is 145 Å². The molecule has 126 valence electrons. The summed E-state index contributed by atoms with van der Waals surface area (Å²) in [5, 5.41) is 2.69. The molecule has 1 atom stereocenters. The molecule has 1 saturated heterocycles. The highest BCUT2D eigenvalue weighted by atomic mass is 19.1. The standard InChI is InChI=1S/C20H17FN2O2/c21-18-11-5-4-7-15(18)8-6-12-22-20(25)16-13-19(24)23(14-16)17-9-2-1-3-10-17/h1-5,7,9-11,16H,12-14H2,(H,22,25). The van der Waals surface area contributed by atoms with E-state index in [1.54, 1.807) is 23.1 Å². The maximum Gasteiger partial charge on any atom is 0.227 e. The number of carbonyl (C=O) groups is 2. The molecule has 0 saturated carbocycles. The number of amides is 2. The molecular weight excluding hydrogens is 319 g/mol. The molecular formula is C20H17FN2O2. The molecule has 2 aromatic carbocycles. The Bertz CT molecular complexity index is 840. The Morgan fingerprint density at radius 1 is 1.16 bits per heavy atom. The van der Waals surface area contributed by atoms with Gasteiger partial charge in [0.25, 0.3) is 0 Å².